The summed E-state index contributed by atoms with van der Waals surface area (Å²) >= 11 is 0. The normalized spacial score (nSPS) is 13.7. The number of hydrogen-bond donors (Lipinski definition) is 1. The van der Waals surface area contributed by atoms with Gasteiger partial charge in [0.2, 0.25) is 0 Å². The van der Waals surface area contributed by atoms with E-state index in [2.05, 4.69) is 9.46 Å². The van der Waals surface area contributed by atoms with E-state index in [9.17, 15) is 9.00 Å². The molecule has 0 bridgehead atoms. The maximum absolute atomic E-state index is 11.5. The van der Waals surface area contributed by atoms with Crippen molar-refractivity contribution in [2.75, 3.05) is 13.7 Å². The molecule has 14 heavy (non-hydrogen) atoms. The molecule has 0 aromatic carbocycles. The van der Waals surface area contributed by atoms with Crippen molar-refractivity contribution in [3.05, 3.63) is 0 Å². The average molecular weight is 221 g/mol. The van der Waals surface area contributed by atoms with Crippen molar-refractivity contribution in [3.63, 3.8) is 0 Å². The summed E-state index contributed by atoms with van der Waals surface area (Å²) < 4.78 is 18.6. The molecule has 0 fully saturated rings. The molecule has 0 heterocycles. The van der Waals surface area contributed by atoms with Crippen molar-refractivity contribution in [2.24, 2.45) is 0 Å². The Balaban J connectivity index is 3.56. The van der Waals surface area contributed by atoms with Crippen molar-refractivity contribution in [2.45, 2.75) is 38.4 Å². The summed E-state index contributed by atoms with van der Waals surface area (Å²) in [6, 6.07) is 0. The maximum atomic E-state index is 11.5. The van der Waals surface area contributed by atoms with Crippen LogP contribution < -0.4 is 4.72 Å². The van der Waals surface area contributed by atoms with Crippen molar-refractivity contribution in [1.29, 1.82) is 0 Å². The van der Waals surface area contributed by atoms with Gasteiger partial charge in [-0.05, 0) is 27.2 Å². The van der Waals surface area contributed by atoms with Gasteiger partial charge in [-0.2, -0.15) is 0 Å². The van der Waals surface area contributed by atoms with E-state index in [4.69, 9.17) is 0 Å². The Bertz CT molecular complexity index is 211. The smallest absolute Gasteiger partial charge is 0.305 e. The van der Waals surface area contributed by atoms with Crippen LogP contribution in [0.2, 0.25) is 0 Å². The van der Waals surface area contributed by atoms with Crippen LogP contribution in [0, 0.1) is 0 Å². The molecule has 84 valence electrons. The first-order valence-electron chi connectivity index (χ1n) is 4.60. The van der Waals surface area contributed by atoms with Gasteiger partial charge in [0.1, 0.15) is 0 Å². The number of carbonyl (C=O) groups is 1. The fraction of sp³-hybridized carbons (Fsp3) is 0.889. The molecule has 1 unspecified atom stereocenters. The van der Waals surface area contributed by atoms with Crippen LogP contribution in [0.4, 0.5) is 0 Å². The summed E-state index contributed by atoms with van der Waals surface area (Å²) in [5.74, 6) is -0.228. The van der Waals surface area contributed by atoms with Gasteiger partial charge in [-0.25, -0.2) is 8.93 Å². The lowest BCUT2D eigenvalue weighted by molar-refractivity contribution is -0.140. The molecule has 0 spiro atoms. The third-order valence-electron chi connectivity index (χ3n) is 1.57. The third kappa shape index (κ3) is 6.10. The molecule has 0 aromatic rings. The van der Waals surface area contributed by atoms with Crippen molar-refractivity contribution in [1.82, 2.24) is 4.72 Å². The monoisotopic (exact) mass is 221 g/mol. The maximum Gasteiger partial charge on any atom is 0.305 e. The van der Waals surface area contributed by atoms with Gasteiger partial charge in [-0.3, -0.25) is 4.79 Å². The number of hydrogen-bond acceptors (Lipinski definition) is 3. The van der Waals surface area contributed by atoms with E-state index in [-0.39, 0.29) is 10.7 Å². The molecule has 1 atom stereocenters. The topological polar surface area (TPSA) is 55.4 Å². The molecule has 0 rings (SSSR count). The highest BCUT2D eigenvalue weighted by molar-refractivity contribution is 7.84. The zero-order valence-corrected chi connectivity index (χ0v) is 10.1. The van der Waals surface area contributed by atoms with E-state index in [1.54, 1.807) is 0 Å². The minimum Gasteiger partial charge on any atom is -0.469 e. The van der Waals surface area contributed by atoms with Gasteiger partial charge in [-0.15, -0.1) is 0 Å². The van der Waals surface area contributed by atoms with Crippen LogP contribution in [0.3, 0.4) is 0 Å². The van der Waals surface area contributed by atoms with Crippen LogP contribution >= 0.6 is 0 Å². The second-order valence-corrected chi connectivity index (χ2v) is 6.01. The fourth-order valence-corrected chi connectivity index (χ4v) is 1.48. The summed E-state index contributed by atoms with van der Waals surface area (Å²) in [6.07, 6.45) is 1.01. The van der Waals surface area contributed by atoms with Crippen molar-refractivity contribution in [3.8, 4) is 0 Å². The number of ether oxygens (including phenoxy) is 1. The minimum absolute atomic E-state index is 0.228. The Morgan fingerprint density at radius 3 is 2.43 bits per heavy atom. The average Bonchev–Trinajstić information content (AvgIpc) is 2.09. The van der Waals surface area contributed by atoms with Gasteiger partial charge in [0.15, 0.2) is 0 Å². The zero-order chi connectivity index (χ0) is 11.2. The summed E-state index contributed by atoms with van der Waals surface area (Å²) in [6.45, 7) is 6.27. The Labute approximate surface area is 88.0 Å². The lowest BCUT2D eigenvalue weighted by atomic mass is 10.3. The summed E-state index contributed by atoms with van der Waals surface area (Å²) in [5.41, 5.74) is 0. The molecule has 0 saturated carbocycles. The lowest BCUT2D eigenvalue weighted by Gasteiger charge is -2.17. The van der Waals surface area contributed by atoms with Crippen LogP contribution in [0.25, 0.3) is 0 Å². The Hall–Kier alpha value is -0.420. The lowest BCUT2D eigenvalue weighted by Crippen LogP contribution is -2.33. The van der Waals surface area contributed by atoms with E-state index in [0.717, 1.165) is 0 Å². The van der Waals surface area contributed by atoms with E-state index in [1.165, 1.54) is 7.11 Å². The SMILES string of the molecule is COC(=O)CCCNS(=O)C(C)(C)C. The molecular formula is C9H19NO3S. The third-order valence-corrected chi connectivity index (χ3v) is 3.15. The van der Waals surface area contributed by atoms with Crippen molar-refractivity contribution < 1.29 is 13.7 Å². The molecule has 0 aliphatic heterocycles. The van der Waals surface area contributed by atoms with E-state index in [1.807, 2.05) is 20.8 Å². The first kappa shape index (κ1) is 13.6. The summed E-state index contributed by atoms with van der Waals surface area (Å²) in [7, 11) is 0.308. The quantitative estimate of drug-likeness (QED) is 0.556. The molecule has 0 aliphatic rings. The predicted molar refractivity (Wildman–Crippen MR) is 57.1 cm³/mol. The Morgan fingerprint density at radius 2 is 2.00 bits per heavy atom. The Kier molecular flexibility index (Phi) is 5.95. The van der Waals surface area contributed by atoms with Crippen LogP contribution in [0.1, 0.15) is 33.6 Å². The molecule has 0 aromatic heterocycles. The van der Waals surface area contributed by atoms with E-state index < -0.39 is 11.0 Å². The highest BCUT2D eigenvalue weighted by atomic mass is 32.2. The number of nitrogens with one attached hydrogen (secondary N) is 1. The zero-order valence-electron chi connectivity index (χ0n) is 9.25. The first-order chi connectivity index (χ1) is 6.38. The molecule has 5 heteroatoms. The van der Waals surface area contributed by atoms with Gasteiger partial charge >= 0.3 is 5.97 Å². The second-order valence-electron chi connectivity index (χ2n) is 3.96. The highest BCUT2D eigenvalue weighted by Gasteiger charge is 2.18. The number of carbonyl (C=O) groups excluding carboxylic acids is 1. The van der Waals surface area contributed by atoms with Crippen LogP contribution in [-0.2, 0) is 20.5 Å². The molecule has 1 N–H and O–H groups in total. The molecule has 0 amide bonds. The summed E-state index contributed by atoms with van der Waals surface area (Å²) in [5, 5.41) is 0. The van der Waals surface area contributed by atoms with Crippen LogP contribution in [0.5, 0.6) is 0 Å². The molecule has 0 saturated heterocycles. The van der Waals surface area contributed by atoms with Gasteiger partial charge in [-0.1, -0.05) is 0 Å². The van der Waals surface area contributed by atoms with E-state index >= 15 is 0 Å². The number of methoxy groups -OCH3 is 1. The van der Waals surface area contributed by atoms with E-state index in [0.29, 0.717) is 19.4 Å². The number of rotatable bonds is 5. The predicted octanol–water partition coefficient (Wildman–Crippen LogP) is 0.991. The second kappa shape index (κ2) is 6.14. The Morgan fingerprint density at radius 1 is 1.43 bits per heavy atom. The molecule has 4 nitrogen and oxygen atoms in total. The standard InChI is InChI=1S/C9H19NO3S/c1-9(2,3)14(12)10-7-5-6-8(11)13-4/h10H,5-7H2,1-4H3. The first-order valence-corrected chi connectivity index (χ1v) is 5.75. The summed E-state index contributed by atoms with van der Waals surface area (Å²) in [4.78, 5) is 10.7. The van der Waals surface area contributed by atoms with Gasteiger partial charge in [0.05, 0.1) is 22.8 Å². The highest BCUT2D eigenvalue weighted by Crippen LogP contribution is 2.08. The molecule has 0 radical (unpaired) electrons. The molecule has 0 aliphatic carbocycles. The number of esters is 1. The van der Waals surface area contributed by atoms with Gasteiger partial charge in [0.25, 0.3) is 0 Å². The fourth-order valence-electron chi connectivity index (χ4n) is 0.716. The van der Waals surface area contributed by atoms with Crippen LogP contribution in [0.15, 0.2) is 0 Å². The minimum atomic E-state index is -1.06. The largest absolute Gasteiger partial charge is 0.469 e. The van der Waals surface area contributed by atoms with Gasteiger partial charge < -0.3 is 4.74 Å². The molecular weight excluding hydrogens is 202 g/mol. The van der Waals surface area contributed by atoms with Crippen LogP contribution in [-0.4, -0.2) is 28.6 Å². The van der Waals surface area contributed by atoms with Crippen molar-refractivity contribution >= 4 is 17.0 Å². The van der Waals surface area contributed by atoms with Gasteiger partial charge in [0, 0.05) is 13.0 Å².